The van der Waals surface area contributed by atoms with Crippen molar-refractivity contribution < 1.29 is 12.8 Å². The molecule has 0 fully saturated rings. The van der Waals surface area contributed by atoms with E-state index in [2.05, 4.69) is 20.3 Å². The molecule has 0 saturated carbocycles. The largest absolute Gasteiger partial charge is 0.469 e. The Morgan fingerprint density at radius 3 is 2.65 bits per heavy atom. The summed E-state index contributed by atoms with van der Waals surface area (Å²) in [6, 6.07) is 3.76. The Hall–Kier alpha value is -1.54. The van der Waals surface area contributed by atoms with Gasteiger partial charge < -0.3 is 15.1 Å². The molecule has 0 aliphatic rings. The number of hydrogen-bond donors (Lipinski definition) is 3. The van der Waals surface area contributed by atoms with E-state index in [0.29, 0.717) is 25.6 Å². The van der Waals surface area contributed by atoms with Crippen LogP contribution in [0.2, 0.25) is 0 Å². The van der Waals surface area contributed by atoms with Gasteiger partial charge in [-0.1, -0.05) is 0 Å². The molecule has 0 bridgehead atoms. The van der Waals surface area contributed by atoms with Crippen LogP contribution in [0.25, 0.3) is 0 Å². The zero-order valence-corrected chi connectivity index (χ0v) is 12.7. The van der Waals surface area contributed by atoms with Crippen LogP contribution in [-0.4, -0.2) is 46.8 Å². The fourth-order valence-corrected chi connectivity index (χ4v) is 2.09. The van der Waals surface area contributed by atoms with E-state index in [-0.39, 0.29) is 5.75 Å². The first-order valence-electron chi connectivity index (χ1n) is 6.51. The highest BCUT2D eigenvalue weighted by Gasteiger charge is 2.05. The van der Waals surface area contributed by atoms with Gasteiger partial charge in [-0.25, -0.2) is 13.1 Å². The van der Waals surface area contributed by atoms with E-state index in [1.54, 1.807) is 20.2 Å². The molecule has 0 aliphatic carbocycles. The van der Waals surface area contributed by atoms with E-state index < -0.39 is 10.0 Å². The number of aliphatic imine (C=N–C) groups is 1. The lowest BCUT2D eigenvalue weighted by molar-refractivity contribution is 0.506. The summed E-state index contributed by atoms with van der Waals surface area (Å²) in [5.41, 5.74) is 0. The van der Waals surface area contributed by atoms with Crippen LogP contribution in [0.3, 0.4) is 0 Å². The molecule has 8 heteroatoms. The number of rotatable bonds is 8. The summed E-state index contributed by atoms with van der Waals surface area (Å²) >= 11 is 0. The van der Waals surface area contributed by atoms with Gasteiger partial charge in [0.1, 0.15) is 5.76 Å². The predicted molar refractivity (Wildman–Crippen MR) is 79.2 cm³/mol. The van der Waals surface area contributed by atoms with Crippen LogP contribution in [0.15, 0.2) is 27.8 Å². The Morgan fingerprint density at radius 2 is 2.05 bits per heavy atom. The Labute approximate surface area is 119 Å². The molecule has 0 radical (unpaired) electrons. The smallest absolute Gasteiger partial charge is 0.211 e. The second-order valence-corrected chi connectivity index (χ2v) is 6.15. The number of hydrogen-bond acceptors (Lipinski definition) is 4. The van der Waals surface area contributed by atoms with Gasteiger partial charge >= 0.3 is 0 Å². The maximum atomic E-state index is 11.2. The molecule has 114 valence electrons. The third-order valence-electron chi connectivity index (χ3n) is 2.59. The summed E-state index contributed by atoms with van der Waals surface area (Å²) in [6.45, 7) is 3.09. The third-order valence-corrected chi connectivity index (χ3v) is 3.99. The van der Waals surface area contributed by atoms with Crippen molar-refractivity contribution in [3.05, 3.63) is 24.2 Å². The molecule has 20 heavy (non-hydrogen) atoms. The van der Waals surface area contributed by atoms with Crippen LogP contribution < -0.4 is 15.4 Å². The van der Waals surface area contributed by atoms with Gasteiger partial charge in [0.2, 0.25) is 10.0 Å². The maximum Gasteiger partial charge on any atom is 0.211 e. The molecule has 1 heterocycles. The first-order valence-corrected chi connectivity index (χ1v) is 8.17. The van der Waals surface area contributed by atoms with Crippen LogP contribution in [-0.2, 0) is 16.4 Å². The number of furan rings is 1. The topological polar surface area (TPSA) is 95.7 Å². The van der Waals surface area contributed by atoms with Crippen molar-refractivity contribution in [3.8, 4) is 0 Å². The number of nitrogens with zero attached hydrogens (tertiary/aromatic N) is 1. The molecule has 1 aromatic heterocycles. The van der Waals surface area contributed by atoms with Crippen LogP contribution in [0.5, 0.6) is 0 Å². The molecular formula is C12H22N4O3S. The molecule has 0 saturated heterocycles. The summed E-state index contributed by atoms with van der Waals surface area (Å²) in [6.07, 6.45) is 2.40. The third kappa shape index (κ3) is 6.58. The molecule has 0 amide bonds. The lowest BCUT2D eigenvalue weighted by atomic mass is 10.3. The van der Waals surface area contributed by atoms with E-state index >= 15 is 0 Å². The Kier molecular flexibility index (Phi) is 7.10. The van der Waals surface area contributed by atoms with Crippen molar-refractivity contribution in [1.29, 1.82) is 0 Å². The second-order valence-electron chi connectivity index (χ2n) is 4.05. The quantitative estimate of drug-likeness (QED) is 0.355. The van der Waals surface area contributed by atoms with Crippen molar-refractivity contribution in [2.75, 3.05) is 32.4 Å². The van der Waals surface area contributed by atoms with Gasteiger partial charge in [0.15, 0.2) is 5.96 Å². The zero-order valence-electron chi connectivity index (χ0n) is 11.8. The van der Waals surface area contributed by atoms with Gasteiger partial charge in [-0.3, -0.25) is 4.99 Å². The van der Waals surface area contributed by atoms with E-state index in [9.17, 15) is 8.42 Å². The minimum atomic E-state index is -3.13. The highest BCUT2D eigenvalue weighted by atomic mass is 32.2. The molecule has 0 spiro atoms. The summed E-state index contributed by atoms with van der Waals surface area (Å²) < 4.78 is 30.1. The summed E-state index contributed by atoms with van der Waals surface area (Å²) in [5, 5.41) is 6.15. The van der Waals surface area contributed by atoms with Crippen LogP contribution in [0, 0.1) is 0 Å². The normalized spacial score (nSPS) is 12.4. The zero-order chi connectivity index (χ0) is 14.8. The van der Waals surface area contributed by atoms with E-state index in [0.717, 1.165) is 12.2 Å². The van der Waals surface area contributed by atoms with Gasteiger partial charge in [-0.15, -0.1) is 0 Å². The highest BCUT2D eigenvalue weighted by Crippen LogP contribution is 1.99. The molecule has 7 nitrogen and oxygen atoms in total. The van der Waals surface area contributed by atoms with Crippen molar-refractivity contribution in [1.82, 2.24) is 15.4 Å². The fraction of sp³-hybridized carbons (Fsp3) is 0.583. The van der Waals surface area contributed by atoms with Crippen LogP contribution in [0.4, 0.5) is 0 Å². The van der Waals surface area contributed by atoms with Gasteiger partial charge in [0.25, 0.3) is 0 Å². The Bertz CT molecular complexity index is 497. The molecule has 0 unspecified atom stereocenters. The second kappa shape index (κ2) is 8.60. The monoisotopic (exact) mass is 302 g/mol. The van der Waals surface area contributed by atoms with Gasteiger partial charge in [0.05, 0.1) is 12.0 Å². The molecule has 1 aromatic rings. The SMILES string of the molecule is CCS(=O)(=O)NCCNC(=NC)NCCc1ccco1. The number of nitrogens with one attached hydrogen (secondary N) is 3. The molecule has 0 aliphatic heterocycles. The van der Waals surface area contributed by atoms with Crippen molar-refractivity contribution in [2.24, 2.45) is 4.99 Å². The standard InChI is InChI=1S/C12H22N4O3S/c1-3-20(17,18)16-9-8-15-12(13-2)14-7-6-11-5-4-10-19-11/h4-5,10,16H,3,6-9H2,1-2H3,(H2,13,14,15). The molecule has 1 rings (SSSR count). The maximum absolute atomic E-state index is 11.2. The number of sulfonamides is 1. The minimum Gasteiger partial charge on any atom is -0.469 e. The van der Waals surface area contributed by atoms with Crippen LogP contribution in [0.1, 0.15) is 12.7 Å². The first-order chi connectivity index (χ1) is 9.57. The minimum absolute atomic E-state index is 0.0864. The fourth-order valence-electron chi connectivity index (χ4n) is 1.47. The Morgan fingerprint density at radius 1 is 1.30 bits per heavy atom. The lowest BCUT2D eigenvalue weighted by Gasteiger charge is -2.11. The van der Waals surface area contributed by atoms with Gasteiger partial charge in [-0.2, -0.15) is 0 Å². The predicted octanol–water partition coefficient (Wildman–Crippen LogP) is -0.0736. The summed E-state index contributed by atoms with van der Waals surface area (Å²) in [7, 11) is -1.47. The molecule has 0 aromatic carbocycles. The van der Waals surface area contributed by atoms with Crippen molar-refractivity contribution in [2.45, 2.75) is 13.3 Å². The van der Waals surface area contributed by atoms with Gasteiger partial charge in [0, 0.05) is 33.1 Å². The number of guanidine groups is 1. The van der Waals surface area contributed by atoms with E-state index in [1.807, 2.05) is 12.1 Å². The average Bonchev–Trinajstić information content (AvgIpc) is 2.94. The van der Waals surface area contributed by atoms with Crippen LogP contribution >= 0.6 is 0 Å². The van der Waals surface area contributed by atoms with Crippen molar-refractivity contribution >= 4 is 16.0 Å². The van der Waals surface area contributed by atoms with E-state index in [1.165, 1.54) is 0 Å². The first kappa shape index (κ1) is 16.5. The molecular weight excluding hydrogens is 280 g/mol. The molecule has 3 N–H and O–H groups in total. The highest BCUT2D eigenvalue weighted by molar-refractivity contribution is 7.89. The summed E-state index contributed by atoms with van der Waals surface area (Å²) in [5.74, 6) is 1.62. The molecule has 0 atom stereocenters. The van der Waals surface area contributed by atoms with Gasteiger partial charge in [-0.05, 0) is 19.1 Å². The lowest BCUT2D eigenvalue weighted by Crippen LogP contribution is -2.42. The average molecular weight is 302 g/mol. The van der Waals surface area contributed by atoms with E-state index in [4.69, 9.17) is 4.42 Å². The Balaban J connectivity index is 2.17. The van der Waals surface area contributed by atoms with Crippen molar-refractivity contribution in [3.63, 3.8) is 0 Å². The summed E-state index contributed by atoms with van der Waals surface area (Å²) in [4.78, 5) is 4.05.